The highest BCUT2D eigenvalue weighted by molar-refractivity contribution is 4.77. The summed E-state index contributed by atoms with van der Waals surface area (Å²) in [5.41, 5.74) is 0. The van der Waals surface area contributed by atoms with Gasteiger partial charge < -0.3 is 10.2 Å². The van der Waals surface area contributed by atoms with Crippen LogP contribution in [0.25, 0.3) is 0 Å². The molecule has 1 unspecified atom stereocenters. The van der Waals surface area contributed by atoms with Crippen molar-refractivity contribution in [3.05, 3.63) is 0 Å². The predicted molar refractivity (Wildman–Crippen MR) is 67.7 cm³/mol. The second kappa shape index (κ2) is 8.00. The van der Waals surface area contributed by atoms with E-state index >= 15 is 0 Å². The monoisotopic (exact) mass is 266 g/mol. The van der Waals surface area contributed by atoms with Crippen LogP contribution in [0.1, 0.15) is 45.4 Å². The zero-order chi connectivity index (χ0) is 13.4. The van der Waals surface area contributed by atoms with Gasteiger partial charge in [0.05, 0.1) is 0 Å². The number of halogens is 3. The Hall–Kier alpha value is -0.290. The normalized spacial score (nSPS) is 22.3. The first kappa shape index (κ1) is 15.8. The van der Waals surface area contributed by atoms with E-state index in [1.54, 1.807) is 0 Å². The van der Waals surface area contributed by atoms with Gasteiger partial charge in [0.1, 0.15) is 0 Å². The van der Waals surface area contributed by atoms with Gasteiger partial charge in [0, 0.05) is 19.0 Å². The molecule has 1 atom stereocenters. The lowest BCUT2D eigenvalue weighted by atomic mass is 10.0. The summed E-state index contributed by atoms with van der Waals surface area (Å²) in [6, 6.07) is 0.529. The second-order valence-electron chi connectivity index (χ2n) is 5.17. The molecule has 0 bridgehead atoms. The topological polar surface area (TPSA) is 15.3 Å². The maximum absolute atomic E-state index is 12.0. The molecule has 1 aliphatic rings. The van der Waals surface area contributed by atoms with E-state index in [9.17, 15) is 13.2 Å². The average Bonchev–Trinajstić information content (AvgIpc) is 2.31. The van der Waals surface area contributed by atoms with Crippen LogP contribution in [0, 0.1) is 0 Å². The summed E-state index contributed by atoms with van der Waals surface area (Å²) in [7, 11) is 0. The van der Waals surface area contributed by atoms with Crippen molar-refractivity contribution in [2.24, 2.45) is 0 Å². The van der Waals surface area contributed by atoms with Crippen molar-refractivity contribution in [1.29, 1.82) is 0 Å². The maximum atomic E-state index is 12.0. The molecular weight excluding hydrogens is 241 g/mol. The molecule has 0 aromatic rings. The van der Waals surface area contributed by atoms with Crippen LogP contribution in [0.3, 0.4) is 0 Å². The van der Waals surface area contributed by atoms with Crippen molar-refractivity contribution >= 4 is 0 Å². The molecule has 0 spiro atoms. The van der Waals surface area contributed by atoms with E-state index in [1.807, 2.05) is 0 Å². The highest BCUT2D eigenvalue weighted by atomic mass is 19.4. The fourth-order valence-corrected chi connectivity index (χ4v) is 2.43. The highest BCUT2D eigenvalue weighted by Gasteiger charge is 2.26. The van der Waals surface area contributed by atoms with Gasteiger partial charge in [0.2, 0.25) is 0 Å². The Morgan fingerprint density at radius 3 is 2.72 bits per heavy atom. The van der Waals surface area contributed by atoms with Crippen LogP contribution in [-0.2, 0) is 0 Å². The molecule has 0 amide bonds. The summed E-state index contributed by atoms with van der Waals surface area (Å²) in [5.74, 6) is 0. The minimum atomic E-state index is -3.99. The standard InChI is InChI=1S/C13H25F3N2/c1-2-8-17-12-6-5-10-18(11-12)9-4-3-7-13(14,15)16/h12,17H,2-11H2,1H3. The van der Waals surface area contributed by atoms with Crippen molar-refractivity contribution in [3.63, 3.8) is 0 Å². The van der Waals surface area contributed by atoms with E-state index in [1.165, 1.54) is 6.42 Å². The van der Waals surface area contributed by atoms with Crippen molar-refractivity contribution in [1.82, 2.24) is 10.2 Å². The lowest BCUT2D eigenvalue weighted by molar-refractivity contribution is -0.135. The van der Waals surface area contributed by atoms with Gasteiger partial charge in [0.15, 0.2) is 0 Å². The molecule has 0 aliphatic carbocycles. The molecule has 5 heteroatoms. The summed E-state index contributed by atoms with van der Waals surface area (Å²) in [6.07, 6.45) is -0.250. The number of likely N-dealkylation sites (tertiary alicyclic amines) is 1. The Morgan fingerprint density at radius 1 is 1.28 bits per heavy atom. The fourth-order valence-electron chi connectivity index (χ4n) is 2.43. The Labute approximate surface area is 108 Å². The van der Waals surface area contributed by atoms with Crippen LogP contribution >= 0.6 is 0 Å². The molecular formula is C13H25F3N2. The van der Waals surface area contributed by atoms with E-state index in [0.29, 0.717) is 12.5 Å². The van der Waals surface area contributed by atoms with E-state index < -0.39 is 12.6 Å². The van der Waals surface area contributed by atoms with Gasteiger partial charge in [0.25, 0.3) is 0 Å². The number of nitrogens with one attached hydrogen (secondary N) is 1. The van der Waals surface area contributed by atoms with Gasteiger partial charge in [-0.15, -0.1) is 0 Å². The Bertz CT molecular complexity index is 219. The molecule has 1 aliphatic heterocycles. The van der Waals surface area contributed by atoms with Crippen LogP contribution in [0.4, 0.5) is 13.2 Å². The fraction of sp³-hybridized carbons (Fsp3) is 1.00. The zero-order valence-electron chi connectivity index (χ0n) is 11.2. The summed E-state index contributed by atoms with van der Waals surface area (Å²) in [6.45, 7) is 6.01. The second-order valence-corrected chi connectivity index (χ2v) is 5.17. The Balaban J connectivity index is 2.10. The molecule has 0 aromatic heterocycles. The predicted octanol–water partition coefficient (Wildman–Crippen LogP) is 3.18. The smallest absolute Gasteiger partial charge is 0.313 e. The first-order valence-corrected chi connectivity index (χ1v) is 7.04. The molecule has 0 radical (unpaired) electrons. The van der Waals surface area contributed by atoms with Gasteiger partial charge in [-0.05, 0) is 51.7 Å². The quantitative estimate of drug-likeness (QED) is 0.712. The minimum absolute atomic E-state index is 0.257. The third-order valence-electron chi connectivity index (χ3n) is 3.37. The van der Waals surface area contributed by atoms with Gasteiger partial charge in [-0.2, -0.15) is 13.2 Å². The number of rotatable bonds is 7. The number of hydrogen-bond acceptors (Lipinski definition) is 2. The van der Waals surface area contributed by atoms with Gasteiger partial charge in [-0.25, -0.2) is 0 Å². The Morgan fingerprint density at radius 2 is 2.06 bits per heavy atom. The van der Waals surface area contributed by atoms with Gasteiger partial charge in [-0.1, -0.05) is 6.92 Å². The molecule has 18 heavy (non-hydrogen) atoms. The molecule has 1 saturated heterocycles. The van der Waals surface area contributed by atoms with Gasteiger partial charge >= 0.3 is 6.18 Å². The summed E-state index contributed by atoms with van der Waals surface area (Å²) < 4.78 is 36.0. The average molecular weight is 266 g/mol. The first-order valence-electron chi connectivity index (χ1n) is 7.04. The zero-order valence-corrected chi connectivity index (χ0v) is 11.2. The molecule has 1 fully saturated rings. The van der Waals surface area contributed by atoms with E-state index in [-0.39, 0.29) is 6.42 Å². The molecule has 108 valence electrons. The number of piperidine rings is 1. The number of nitrogens with zero attached hydrogens (tertiary/aromatic N) is 1. The summed E-state index contributed by atoms with van der Waals surface area (Å²) in [5, 5.41) is 3.49. The molecule has 0 saturated carbocycles. The minimum Gasteiger partial charge on any atom is -0.313 e. The number of unbranched alkanes of at least 4 members (excludes halogenated alkanes) is 1. The van der Waals surface area contributed by atoms with Crippen LogP contribution in [-0.4, -0.2) is 43.3 Å². The van der Waals surface area contributed by atoms with Crippen molar-refractivity contribution in [2.45, 2.75) is 57.7 Å². The highest BCUT2D eigenvalue weighted by Crippen LogP contribution is 2.22. The van der Waals surface area contributed by atoms with E-state index in [2.05, 4.69) is 17.1 Å². The third kappa shape index (κ3) is 7.21. The van der Waals surface area contributed by atoms with Crippen molar-refractivity contribution in [2.75, 3.05) is 26.2 Å². The number of hydrogen-bond donors (Lipinski definition) is 1. The van der Waals surface area contributed by atoms with Crippen LogP contribution in [0.2, 0.25) is 0 Å². The molecule has 1 rings (SSSR count). The van der Waals surface area contributed by atoms with Crippen molar-refractivity contribution in [3.8, 4) is 0 Å². The molecule has 2 nitrogen and oxygen atoms in total. The van der Waals surface area contributed by atoms with Crippen LogP contribution in [0.15, 0.2) is 0 Å². The maximum Gasteiger partial charge on any atom is 0.389 e. The summed E-state index contributed by atoms with van der Waals surface area (Å²) >= 11 is 0. The lowest BCUT2D eigenvalue weighted by Crippen LogP contribution is -2.46. The van der Waals surface area contributed by atoms with Crippen LogP contribution < -0.4 is 5.32 Å². The molecule has 0 aromatic carbocycles. The van der Waals surface area contributed by atoms with Gasteiger partial charge in [-0.3, -0.25) is 0 Å². The van der Waals surface area contributed by atoms with E-state index in [0.717, 1.165) is 39.0 Å². The van der Waals surface area contributed by atoms with Crippen molar-refractivity contribution < 1.29 is 13.2 Å². The van der Waals surface area contributed by atoms with E-state index in [4.69, 9.17) is 0 Å². The largest absolute Gasteiger partial charge is 0.389 e. The third-order valence-corrected chi connectivity index (χ3v) is 3.37. The SMILES string of the molecule is CCCNC1CCCN(CCCCC(F)(F)F)C1. The lowest BCUT2D eigenvalue weighted by Gasteiger charge is -2.33. The van der Waals surface area contributed by atoms with Crippen LogP contribution in [0.5, 0.6) is 0 Å². The molecule has 1 heterocycles. The number of alkyl halides is 3. The summed E-state index contributed by atoms with van der Waals surface area (Å²) in [4.78, 5) is 2.30. The molecule has 1 N–H and O–H groups in total. The first-order chi connectivity index (χ1) is 8.51. The Kier molecular flexibility index (Phi) is 7.00.